The van der Waals surface area contributed by atoms with Crippen LogP contribution in [0.5, 0.6) is 0 Å². The first-order chi connectivity index (χ1) is 7.63. The topological polar surface area (TPSA) is 44.4 Å². The van der Waals surface area contributed by atoms with Crippen molar-refractivity contribution in [3.8, 4) is 0 Å². The molecule has 1 saturated heterocycles. The number of nitrogens with one attached hydrogen (secondary N) is 2. The summed E-state index contributed by atoms with van der Waals surface area (Å²) in [6, 6.07) is 0.622. The number of nitrogens with zero attached hydrogens (tertiary/aromatic N) is 1. The van der Waals surface area contributed by atoms with Gasteiger partial charge in [-0.2, -0.15) is 0 Å². The SMILES string of the molecule is CCNC(=O)N1CCCC(CNC(C)C)C1. The molecule has 4 nitrogen and oxygen atoms in total. The van der Waals surface area contributed by atoms with Gasteiger partial charge in [0, 0.05) is 25.7 Å². The molecule has 1 aliphatic rings. The molecule has 4 heteroatoms. The predicted molar refractivity (Wildman–Crippen MR) is 66.5 cm³/mol. The predicted octanol–water partition coefficient (Wildman–Crippen LogP) is 1.43. The minimum atomic E-state index is 0.0942. The summed E-state index contributed by atoms with van der Waals surface area (Å²) in [6.07, 6.45) is 2.36. The highest BCUT2D eigenvalue weighted by Crippen LogP contribution is 2.15. The summed E-state index contributed by atoms with van der Waals surface area (Å²) < 4.78 is 0. The van der Waals surface area contributed by atoms with Crippen LogP contribution >= 0.6 is 0 Å². The summed E-state index contributed by atoms with van der Waals surface area (Å²) in [6.45, 7) is 9.81. The highest BCUT2D eigenvalue weighted by Gasteiger charge is 2.22. The van der Waals surface area contributed by atoms with Crippen molar-refractivity contribution in [2.45, 2.75) is 39.7 Å². The smallest absolute Gasteiger partial charge is 0.317 e. The average molecular weight is 227 g/mol. The molecule has 0 aromatic rings. The van der Waals surface area contributed by atoms with Gasteiger partial charge in [-0.15, -0.1) is 0 Å². The van der Waals surface area contributed by atoms with Crippen LogP contribution in [0.3, 0.4) is 0 Å². The summed E-state index contributed by atoms with van der Waals surface area (Å²) in [4.78, 5) is 13.6. The largest absolute Gasteiger partial charge is 0.338 e. The summed E-state index contributed by atoms with van der Waals surface area (Å²) in [7, 11) is 0. The van der Waals surface area contributed by atoms with Crippen molar-refractivity contribution in [2.24, 2.45) is 5.92 Å². The molecule has 1 fully saturated rings. The van der Waals surface area contributed by atoms with E-state index in [0.717, 1.165) is 26.1 Å². The molecule has 0 aliphatic carbocycles. The molecule has 0 spiro atoms. The summed E-state index contributed by atoms with van der Waals surface area (Å²) >= 11 is 0. The number of likely N-dealkylation sites (tertiary alicyclic amines) is 1. The van der Waals surface area contributed by atoms with E-state index in [1.807, 2.05) is 11.8 Å². The van der Waals surface area contributed by atoms with Gasteiger partial charge >= 0.3 is 6.03 Å². The van der Waals surface area contributed by atoms with Crippen molar-refractivity contribution in [2.75, 3.05) is 26.2 Å². The average Bonchev–Trinajstić information content (AvgIpc) is 2.27. The van der Waals surface area contributed by atoms with Gasteiger partial charge in [-0.3, -0.25) is 0 Å². The van der Waals surface area contributed by atoms with Crippen LogP contribution in [0.25, 0.3) is 0 Å². The number of hydrogen-bond acceptors (Lipinski definition) is 2. The van der Waals surface area contributed by atoms with Crippen LogP contribution < -0.4 is 10.6 Å². The second-order valence-electron chi connectivity index (χ2n) is 4.85. The van der Waals surface area contributed by atoms with Gasteiger partial charge in [0.15, 0.2) is 0 Å². The molecule has 2 amide bonds. The fourth-order valence-electron chi connectivity index (χ4n) is 2.08. The van der Waals surface area contributed by atoms with Gasteiger partial charge in [0.2, 0.25) is 0 Å². The second-order valence-corrected chi connectivity index (χ2v) is 4.85. The fraction of sp³-hybridized carbons (Fsp3) is 0.917. The highest BCUT2D eigenvalue weighted by atomic mass is 16.2. The van der Waals surface area contributed by atoms with Gasteiger partial charge < -0.3 is 15.5 Å². The molecule has 0 radical (unpaired) electrons. The maximum Gasteiger partial charge on any atom is 0.317 e. The van der Waals surface area contributed by atoms with Crippen molar-refractivity contribution in [3.63, 3.8) is 0 Å². The van der Waals surface area contributed by atoms with Gasteiger partial charge in [-0.05, 0) is 32.2 Å². The summed E-state index contributed by atoms with van der Waals surface area (Å²) in [5.74, 6) is 0.610. The zero-order chi connectivity index (χ0) is 12.0. The number of carbonyl (C=O) groups is 1. The molecule has 1 rings (SSSR count). The molecule has 1 unspecified atom stereocenters. The first kappa shape index (κ1) is 13.3. The van der Waals surface area contributed by atoms with E-state index in [9.17, 15) is 4.79 Å². The van der Waals surface area contributed by atoms with E-state index in [0.29, 0.717) is 18.5 Å². The lowest BCUT2D eigenvalue weighted by Gasteiger charge is -2.33. The van der Waals surface area contributed by atoms with Gasteiger partial charge in [-0.25, -0.2) is 4.79 Å². The van der Waals surface area contributed by atoms with Crippen LogP contribution in [-0.4, -0.2) is 43.2 Å². The third-order valence-corrected chi connectivity index (χ3v) is 2.95. The fourth-order valence-corrected chi connectivity index (χ4v) is 2.08. The Kier molecular flexibility index (Phi) is 5.60. The molecule has 2 N–H and O–H groups in total. The molecule has 0 bridgehead atoms. The lowest BCUT2D eigenvalue weighted by atomic mass is 9.98. The quantitative estimate of drug-likeness (QED) is 0.763. The third-order valence-electron chi connectivity index (χ3n) is 2.95. The number of hydrogen-bond donors (Lipinski definition) is 2. The van der Waals surface area contributed by atoms with Crippen LogP contribution in [0.2, 0.25) is 0 Å². The van der Waals surface area contributed by atoms with Gasteiger partial charge in [0.05, 0.1) is 0 Å². The number of rotatable bonds is 4. The van der Waals surface area contributed by atoms with Crippen molar-refractivity contribution in [1.29, 1.82) is 0 Å². The van der Waals surface area contributed by atoms with Crippen LogP contribution in [0.15, 0.2) is 0 Å². The van der Waals surface area contributed by atoms with E-state index in [1.54, 1.807) is 0 Å². The number of urea groups is 1. The van der Waals surface area contributed by atoms with Gasteiger partial charge in [0.1, 0.15) is 0 Å². The molecule has 0 aromatic heterocycles. The molecule has 1 atom stereocenters. The molecule has 0 aromatic carbocycles. The zero-order valence-corrected chi connectivity index (χ0v) is 10.8. The van der Waals surface area contributed by atoms with E-state index in [4.69, 9.17) is 0 Å². The Bertz CT molecular complexity index is 218. The molecular formula is C12H25N3O. The van der Waals surface area contributed by atoms with E-state index in [1.165, 1.54) is 6.42 Å². The Labute approximate surface area is 98.8 Å². The van der Waals surface area contributed by atoms with Crippen molar-refractivity contribution < 1.29 is 4.79 Å². The number of carbonyl (C=O) groups excluding carboxylic acids is 1. The first-order valence-electron chi connectivity index (χ1n) is 6.39. The van der Waals surface area contributed by atoms with Crippen molar-refractivity contribution >= 4 is 6.03 Å². The van der Waals surface area contributed by atoms with Crippen LogP contribution in [0.1, 0.15) is 33.6 Å². The van der Waals surface area contributed by atoms with Crippen molar-refractivity contribution in [1.82, 2.24) is 15.5 Å². The maximum absolute atomic E-state index is 11.7. The molecule has 16 heavy (non-hydrogen) atoms. The third kappa shape index (κ3) is 4.39. The van der Waals surface area contributed by atoms with Crippen LogP contribution in [-0.2, 0) is 0 Å². The number of amides is 2. The summed E-state index contributed by atoms with van der Waals surface area (Å²) in [5.41, 5.74) is 0. The highest BCUT2D eigenvalue weighted by molar-refractivity contribution is 5.74. The van der Waals surface area contributed by atoms with E-state index in [-0.39, 0.29) is 6.03 Å². The second kappa shape index (κ2) is 6.74. The lowest BCUT2D eigenvalue weighted by molar-refractivity contribution is 0.164. The normalized spacial score (nSPS) is 21.2. The molecule has 1 aliphatic heterocycles. The Morgan fingerprint density at radius 3 is 2.88 bits per heavy atom. The molecule has 1 heterocycles. The molecule has 94 valence electrons. The zero-order valence-electron chi connectivity index (χ0n) is 10.8. The van der Waals surface area contributed by atoms with Gasteiger partial charge in [-0.1, -0.05) is 13.8 Å². The minimum Gasteiger partial charge on any atom is -0.338 e. The monoisotopic (exact) mass is 227 g/mol. The standard InChI is InChI=1S/C12H25N3O/c1-4-13-12(16)15-7-5-6-11(9-15)8-14-10(2)3/h10-11,14H,4-9H2,1-3H3,(H,13,16). The number of piperidine rings is 1. The summed E-state index contributed by atoms with van der Waals surface area (Å²) in [5, 5.41) is 6.32. The minimum absolute atomic E-state index is 0.0942. The van der Waals surface area contributed by atoms with E-state index in [2.05, 4.69) is 24.5 Å². The Balaban J connectivity index is 2.32. The Hall–Kier alpha value is -0.770. The molecule has 0 saturated carbocycles. The first-order valence-corrected chi connectivity index (χ1v) is 6.39. The van der Waals surface area contributed by atoms with Crippen molar-refractivity contribution in [3.05, 3.63) is 0 Å². The Morgan fingerprint density at radius 2 is 2.25 bits per heavy atom. The van der Waals surface area contributed by atoms with Crippen LogP contribution in [0, 0.1) is 5.92 Å². The van der Waals surface area contributed by atoms with E-state index < -0.39 is 0 Å². The Morgan fingerprint density at radius 1 is 1.50 bits per heavy atom. The van der Waals surface area contributed by atoms with Gasteiger partial charge in [0.25, 0.3) is 0 Å². The maximum atomic E-state index is 11.7. The van der Waals surface area contributed by atoms with Crippen LogP contribution in [0.4, 0.5) is 4.79 Å². The lowest BCUT2D eigenvalue weighted by Crippen LogP contribution is -2.47. The molecular weight excluding hydrogens is 202 g/mol. The van der Waals surface area contributed by atoms with E-state index >= 15 is 0 Å².